The van der Waals surface area contributed by atoms with Crippen LogP contribution >= 0.6 is 0 Å². The van der Waals surface area contributed by atoms with Crippen LogP contribution in [0.2, 0.25) is 0 Å². The van der Waals surface area contributed by atoms with Crippen LogP contribution in [-0.2, 0) is 92.7 Å². The summed E-state index contributed by atoms with van der Waals surface area (Å²) in [6.45, 7) is 0. The first kappa shape index (κ1) is 62.9. The SMILES string of the molecule is O=C(O)C(O)C(O)C(=O)O.O=C(O)C(O)C(O)C(=O)O.O=C(O)C(O)C(O)C(=O)O.O=C(O)C(O)C(O)C(=O)O.O=C(O)C(O)C(O)C(=O)O.[Ta].[Ta]. The van der Waals surface area contributed by atoms with Crippen LogP contribution < -0.4 is 0 Å². The molecule has 0 aliphatic carbocycles. The van der Waals surface area contributed by atoms with Crippen molar-refractivity contribution in [1.82, 2.24) is 0 Å². The Kier molecular flexibility index (Phi) is 38.1. The standard InChI is InChI=1S/5C4H6O6.2Ta/c5*5-1(3(7)8)2(6)4(9)10;;/h5*1-2,5-6H,(H,7,8)(H,9,10);;. The van der Waals surface area contributed by atoms with E-state index in [1.165, 1.54) is 0 Å². The van der Waals surface area contributed by atoms with Gasteiger partial charge >= 0.3 is 59.7 Å². The fourth-order valence-corrected chi connectivity index (χ4v) is 1.35. The number of hydrogen-bond donors (Lipinski definition) is 20. The summed E-state index contributed by atoms with van der Waals surface area (Å²) in [6, 6.07) is 0. The molecule has 10 atom stereocenters. The fraction of sp³-hybridized carbons (Fsp3) is 0.500. The number of hydrogen-bond acceptors (Lipinski definition) is 20. The Morgan fingerprint density at radius 3 is 0.250 bits per heavy atom. The zero-order valence-electron chi connectivity index (χ0n) is 24.7. The molecule has 0 aliphatic heterocycles. The largest absolute Gasteiger partial charge is 0.479 e. The van der Waals surface area contributed by atoms with Crippen molar-refractivity contribution in [2.45, 2.75) is 61.0 Å². The zero-order valence-corrected chi connectivity index (χ0v) is 31.1. The molecular weight excluding hydrogens is 1080 g/mol. The van der Waals surface area contributed by atoms with Gasteiger partial charge in [-0.3, -0.25) is 0 Å². The van der Waals surface area contributed by atoms with Crippen LogP contribution in [-0.4, -0.2) is 223 Å². The molecule has 30 nitrogen and oxygen atoms in total. The van der Waals surface area contributed by atoms with Crippen molar-refractivity contribution < 1.29 is 195 Å². The van der Waals surface area contributed by atoms with E-state index in [1.807, 2.05) is 0 Å². The summed E-state index contributed by atoms with van der Waals surface area (Å²) in [5, 5.41) is 163. The van der Waals surface area contributed by atoms with E-state index in [-0.39, 0.29) is 44.8 Å². The van der Waals surface area contributed by atoms with E-state index < -0.39 is 121 Å². The molecule has 300 valence electrons. The van der Waals surface area contributed by atoms with E-state index in [1.54, 1.807) is 0 Å². The number of aliphatic carboxylic acids is 10. The van der Waals surface area contributed by atoms with Crippen LogP contribution in [0.15, 0.2) is 0 Å². The number of carbonyl (C=O) groups is 10. The van der Waals surface area contributed by atoms with Gasteiger partial charge in [0.05, 0.1) is 0 Å². The Hall–Kier alpha value is -4.22. The van der Waals surface area contributed by atoms with Crippen molar-refractivity contribution in [3.05, 3.63) is 0 Å². The third-order valence-corrected chi connectivity index (χ3v) is 4.03. The second-order valence-electron chi connectivity index (χ2n) is 7.83. The molecule has 10 unspecified atom stereocenters. The van der Waals surface area contributed by atoms with Crippen molar-refractivity contribution in [1.29, 1.82) is 0 Å². The van der Waals surface area contributed by atoms with Gasteiger partial charge in [0.1, 0.15) is 0 Å². The first-order valence-corrected chi connectivity index (χ1v) is 11.4. The smallest absolute Gasteiger partial charge is 0.335 e. The average Bonchev–Trinajstić information content (AvgIpc) is 3.01. The van der Waals surface area contributed by atoms with Gasteiger partial charge in [-0.2, -0.15) is 0 Å². The molecular formula is C20H30O30Ta2. The van der Waals surface area contributed by atoms with E-state index >= 15 is 0 Å². The molecule has 32 heteroatoms. The normalized spacial score (nSPS) is 15.2. The molecule has 2 radical (unpaired) electrons. The molecule has 0 bridgehead atoms. The van der Waals surface area contributed by atoms with Crippen LogP contribution in [0.25, 0.3) is 0 Å². The van der Waals surface area contributed by atoms with Crippen molar-refractivity contribution >= 4 is 59.7 Å². The number of aliphatic hydroxyl groups excluding tert-OH is 10. The number of aliphatic hydroxyl groups is 10. The van der Waals surface area contributed by atoms with Gasteiger partial charge in [0.25, 0.3) is 0 Å². The molecule has 0 amide bonds. The zero-order chi connectivity index (χ0) is 41.5. The minimum absolute atomic E-state index is 0. The van der Waals surface area contributed by atoms with E-state index in [0.29, 0.717) is 0 Å². The van der Waals surface area contributed by atoms with Crippen LogP contribution in [0, 0.1) is 0 Å². The predicted octanol–water partition coefficient (Wildman–Crippen LogP) is -10.6. The van der Waals surface area contributed by atoms with Gasteiger partial charge in [-0.05, 0) is 0 Å². The summed E-state index contributed by atoms with van der Waals surface area (Å²) >= 11 is 0. The van der Waals surface area contributed by atoms with E-state index in [4.69, 9.17) is 102 Å². The van der Waals surface area contributed by atoms with E-state index in [9.17, 15) is 47.9 Å². The van der Waals surface area contributed by atoms with Crippen molar-refractivity contribution in [2.75, 3.05) is 0 Å². The maximum atomic E-state index is 9.77. The first-order valence-electron chi connectivity index (χ1n) is 11.4. The van der Waals surface area contributed by atoms with Crippen LogP contribution in [0.5, 0.6) is 0 Å². The van der Waals surface area contributed by atoms with E-state index in [2.05, 4.69) is 0 Å². The van der Waals surface area contributed by atoms with Crippen LogP contribution in [0.4, 0.5) is 0 Å². The van der Waals surface area contributed by atoms with Gasteiger partial charge in [-0.1, -0.05) is 0 Å². The monoisotopic (exact) mass is 1110 g/mol. The van der Waals surface area contributed by atoms with Crippen LogP contribution in [0.3, 0.4) is 0 Å². The molecule has 0 saturated heterocycles. The third-order valence-electron chi connectivity index (χ3n) is 4.03. The topological polar surface area (TPSA) is 575 Å². The summed E-state index contributed by atoms with van der Waals surface area (Å²) in [7, 11) is 0. The number of rotatable bonds is 15. The minimum Gasteiger partial charge on any atom is -0.479 e. The summed E-state index contributed by atoms with van der Waals surface area (Å²) in [6.07, 6.45) is -22.7. The van der Waals surface area contributed by atoms with Crippen molar-refractivity contribution in [2.24, 2.45) is 0 Å². The van der Waals surface area contributed by atoms with Crippen molar-refractivity contribution in [3.8, 4) is 0 Å². The Morgan fingerprint density at radius 1 is 0.192 bits per heavy atom. The second kappa shape index (κ2) is 31.5. The van der Waals surface area contributed by atoms with Gasteiger partial charge in [-0.25, -0.2) is 47.9 Å². The maximum absolute atomic E-state index is 9.77. The van der Waals surface area contributed by atoms with Gasteiger partial charge in [-0.15, -0.1) is 0 Å². The number of carboxylic acid groups (broad SMARTS) is 10. The summed E-state index contributed by atoms with van der Waals surface area (Å²) in [5.74, 6) is -17.7. The quantitative estimate of drug-likeness (QED) is 0.0724. The Labute approximate surface area is 314 Å². The van der Waals surface area contributed by atoms with Crippen molar-refractivity contribution in [3.63, 3.8) is 0 Å². The summed E-state index contributed by atoms with van der Waals surface area (Å²) in [5.41, 5.74) is 0. The molecule has 0 spiro atoms. The molecule has 0 heterocycles. The molecule has 0 aliphatic rings. The Bertz CT molecular complexity index is 890. The molecule has 0 aromatic heterocycles. The van der Waals surface area contributed by atoms with Gasteiger partial charge < -0.3 is 102 Å². The molecule has 0 rings (SSSR count). The fourth-order valence-electron chi connectivity index (χ4n) is 1.35. The third kappa shape index (κ3) is 29.5. The van der Waals surface area contributed by atoms with Gasteiger partial charge in [0.15, 0.2) is 61.0 Å². The number of carboxylic acids is 10. The average molecular weight is 1110 g/mol. The summed E-state index contributed by atoms with van der Waals surface area (Å²) < 4.78 is 0. The maximum Gasteiger partial charge on any atom is 0.335 e. The predicted molar refractivity (Wildman–Crippen MR) is 136 cm³/mol. The molecule has 52 heavy (non-hydrogen) atoms. The first-order chi connectivity index (χ1) is 22.3. The minimum atomic E-state index is -2.27. The molecule has 0 aromatic rings. The Morgan fingerprint density at radius 2 is 0.231 bits per heavy atom. The van der Waals surface area contributed by atoms with Crippen LogP contribution in [0.1, 0.15) is 0 Å². The van der Waals surface area contributed by atoms with E-state index in [0.717, 1.165) is 0 Å². The Balaban J connectivity index is -0.0000000964. The van der Waals surface area contributed by atoms with Gasteiger partial charge in [0, 0.05) is 44.8 Å². The second-order valence-corrected chi connectivity index (χ2v) is 7.83. The summed E-state index contributed by atoms with van der Waals surface area (Å²) in [4.78, 5) is 97.7. The molecule has 0 fully saturated rings. The molecule has 20 N–H and O–H groups in total. The van der Waals surface area contributed by atoms with Gasteiger partial charge in [0.2, 0.25) is 0 Å². The molecule has 0 saturated carbocycles. The molecule has 0 aromatic carbocycles.